The molecule has 0 spiro atoms. The van der Waals surface area contributed by atoms with E-state index in [0.29, 0.717) is 18.2 Å². The van der Waals surface area contributed by atoms with Gasteiger partial charge >= 0.3 is 0 Å². The molecule has 2 fully saturated rings. The van der Waals surface area contributed by atoms with E-state index in [4.69, 9.17) is 0 Å². The molecule has 2 heterocycles. The van der Waals surface area contributed by atoms with Crippen LogP contribution in [0.5, 0.6) is 0 Å². The van der Waals surface area contributed by atoms with Crippen LogP contribution >= 0.6 is 0 Å². The number of hydrogen-bond acceptors (Lipinski definition) is 3. The van der Waals surface area contributed by atoms with Crippen molar-refractivity contribution in [1.29, 1.82) is 0 Å². The average molecular weight is 460 g/mol. The van der Waals surface area contributed by atoms with Crippen LogP contribution in [0.2, 0.25) is 0 Å². The minimum absolute atomic E-state index is 0.0330. The summed E-state index contributed by atoms with van der Waals surface area (Å²) < 4.78 is 0. The van der Waals surface area contributed by atoms with Crippen molar-refractivity contribution < 1.29 is 9.59 Å². The van der Waals surface area contributed by atoms with E-state index in [1.165, 1.54) is 29.5 Å². The highest BCUT2D eigenvalue weighted by atomic mass is 16.2. The van der Waals surface area contributed by atoms with Crippen molar-refractivity contribution in [3.05, 3.63) is 71.3 Å². The van der Waals surface area contributed by atoms with Gasteiger partial charge in [0.05, 0.1) is 6.04 Å². The van der Waals surface area contributed by atoms with Crippen LogP contribution in [0.3, 0.4) is 0 Å². The van der Waals surface area contributed by atoms with Crippen molar-refractivity contribution in [2.24, 2.45) is 5.92 Å². The lowest BCUT2D eigenvalue weighted by molar-refractivity contribution is -0.142. The predicted molar refractivity (Wildman–Crippen MR) is 134 cm³/mol. The highest BCUT2D eigenvalue weighted by Gasteiger charge is 2.39. The number of fused-ring (bicyclic) bond motifs is 1. The highest BCUT2D eigenvalue weighted by Crippen LogP contribution is 2.33. The molecule has 2 amide bonds. The fraction of sp³-hybridized carbons (Fsp3) is 0.517. The molecule has 1 unspecified atom stereocenters. The quantitative estimate of drug-likeness (QED) is 0.658. The zero-order valence-electron chi connectivity index (χ0n) is 20.2. The van der Waals surface area contributed by atoms with Crippen LogP contribution < -0.4 is 0 Å². The molecule has 1 aliphatic carbocycles. The Labute approximate surface area is 203 Å². The van der Waals surface area contributed by atoms with Crippen LogP contribution in [0.4, 0.5) is 0 Å². The van der Waals surface area contributed by atoms with E-state index in [0.717, 1.165) is 65.0 Å². The number of amides is 2. The summed E-state index contributed by atoms with van der Waals surface area (Å²) in [6.07, 6.45) is 7.06. The molecular weight excluding hydrogens is 422 g/mol. The van der Waals surface area contributed by atoms with Crippen molar-refractivity contribution in [2.75, 3.05) is 32.7 Å². The fourth-order valence-electron chi connectivity index (χ4n) is 6.10. The van der Waals surface area contributed by atoms with E-state index in [-0.39, 0.29) is 11.9 Å². The first kappa shape index (κ1) is 23.1. The molecule has 5 heteroatoms. The normalized spacial score (nSPS) is 20.2. The summed E-state index contributed by atoms with van der Waals surface area (Å²) >= 11 is 0. The lowest BCUT2D eigenvalue weighted by Crippen LogP contribution is -2.58. The topological polar surface area (TPSA) is 43.9 Å². The molecule has 5 nitrogen and oxygen atoms in total. The van der Waals surface area contributed by atoms with E-state index in [9.17, 15) is 9.59 Å². The Kier molecular flexibility index (Phi) is 7.29. The van der Waals surface area contributed by atoms with Crippen LogP contribution in [0.25, 0.3) is 0 Å². The van der Waals surface area contributed by atoms with Crippen LogP contribution in [0.1, 0.15) is 48.8 Å². The zero-order valence-corrected chi connectivity index (χ0v) is 20.2. The molecule has 3 aliphatic rings. The number of carbonyl (C=O) groups excluding carboxylic acids is 2. The minimum Gasteiger partial charge on any atom is -0.340 e. The van der Waals surface area contributed by atoms with Crippen LogP contribution in [0.15, 0.2) is 54.6 Å². The summed E-state index contributed by atoms with van der Waals surface area (Å²) in [5.41, 5.74) is 3.89. The molecule has 2 aromatic carbocycles. The third kappa shape index (κ3) is 5.20. The lowest BCUT2D eigenvalue weighted by atomic mass is 9.92. The number of piperazine rings is 1. The third-order valence-corrected chi connectivity index (χ3v) is 8.07. The summed E-state index contributed by atoms with van der Waals surface area (Å²) in [6, 6.07) is 18.7. The summed E-state index contributed by atoms with van der Waals surface area (Å²) in [5.74, 6) is 0.996. The molecule has 0 aromatic heterocycles. The van der Waals surface area contributed by atoms with Gasteiger partial charge in [0.2, 0.25) is 11.8 Å². The second kappa shape index (κ2) is 10.7. The van der Waals surface area contributed by atoms with Gasteiger partial charge in [0.25, 0.3) is 0 Å². The molecule has 0 bridgehead atoms. The standard InChI is InChI=1S/C29H37N3O2/c33-27(15-14-23-8-2-1-3-9-23)30-18-20-31(21-19-30)28(25-11-5-6-12-25)29(34)32-17-16-24-10-4-7-13-26(24)22-32/h1-4,7-10,13,25,28H,5-6,11-12,14-22H2. The molecule has 5 rings (SSSR count). The van der Waals surface area contributed by atoms with Gasteiger partial charge in [-0.05, 0) is 48.3 Å². The SMILES string of the molecule is O=C(CCc1ccccc1)N1CCN(C(C(=O)N2CCc3ccccc3C2)C2CCCC2)CC1. The lowest BCUT2D eigenvalue weighted by Gasteiger charge is -2.43. The van der Waals surface area contributed by atoms with E-state index < -0.39 is 0 Å². The Balaban J connectivity index is 1.20. The molecule has 2 aromatic rings. The van der Waals surface area contributed by atoms with E-state index in [2.05, 4.69) is 46.2 Å². The van der Waals surface area contributed by atoms with E-state index >= 15 is 0 Å². The van der Waals surface area contributed by atoms with E-state index in [1.807, 2.05) is 23.1 Å². The van der Waals surface area contributed by atoms with Gasteiger partial charge in [-0.1, -0.05) is 67.4 Å². The Hall–Kier alpha value is -2.66. The summed E-state index contributed by atoms with van der Waals surface area (Å²) in [6.45, 7) is 4.61. The van der Waals surface area contributed by atoms with Gasteiger partial charge in [-0.25, -0.2) is 0 Å². The van der Waals surface area contributed by atoms with Gasteiger partial charge in [-0.3, -0.25) is 14.5 Å². The largest absolute Gasteiger partial charge is 0.340 e. The second-order valence-corrected chi connectivity index (χ2v) is 10.2. The van der Waals surface area contributed by atoms with E-state index in [1.54, 1.807) is 0 Å². The van der Waals surface area contributed by atoms with Gasteiger partial charge in [-0.15, -0.1) is 0 Å². The Morgan fingerprint density at radius 1 is 0.794 bits per heavy atom. The van der Waals surface area contributed by atoms with Gasteiger partial charge in [0.15, 0.2) is 0 Å². The number of rotatable bonds is 6. The molecule has 0 N–H and O–H groups in total. The molecule has 180 valence electrons. The number of aryl methyl sites for hydroxylation is 1. The Morgan fingerprint density at radius 3 is 2.21 bits per heavy atom. The molecule has 1 atom stereocenters. The molecule has 1 saturated carbocycles. The molecule has 34 heavy (non-hydrogen) atoms. The second-order valence-electron chi connectivity index (χ2n) is 10.2. The van der Waals surface area contributed by atoms with Crippen LogP contribution in [0, 0.1) is 5.92 Å². The maximum Gasteiger partial charge on any atom is 0.240 e. The zero-order chi connectivity index (χ0) is 23.3. The Bertz CT molecular complexity index is 978. The molecule has 1 saturated heterocycles. The first-order chi connectivity index (χ1) is 16.7. The van der Waals surface area contributed by atoms with Gasteiger partial charge in [-0.2, -0.15) is 0 Å². The summed E-state index contributed by atoms with van der Waals surface area (Å²) in [5, 5.41) is 0. The first-order valence-electron chi connectivity index (χ1n) is 13.1. The fourth-order valence-corrected chi connectivity index (χ4v) is 6.10. The average Bonchev–Trinajstić information content (AvgIpc) is 3.42. The van der Waals surface area contributed by atoms with Crippen molar-refractivity contribution >= 4 is 11.8 Å². The minimum atomic E-state index is -0.0330. The smallest absolute Gasteiger partial charge is 0.240 e. The van der Waals surface area contributed by atoms with Crippen molar-refractivity contribution in [1.82, 2.24) is 14.7 Å². The number of benzene rings is 2. The number of nitrogens with zero attached hydrogens (tertiary/aromatic N) is 3. The molecular formula is C29H37N3O2. The monoisotopic (exact) mass is 459 g/mol. The maximum absolute atomic E-state index is 13.9. The van der Waals surface area contributed by atoms with Crippen LogP contribution in [-0.2, 0) is 29.0 Å². The van der Waals surface area contributed by atoms with Gasteiger partial charge in [0.1, 0.15) is 0 Å². The van der Waals surface area contributed by atoms with Crippen molar-refractivity contribution in [3.63, 3.8) is 0 Å². The van der Waals surface area contributed by atoms with Crippen molar-refractivity contribution in [2.45, 2.75) is 57.5 Å². The molecule has 2 aliphatic heterocycles. The predicted octanol–water partition coefficient (Wildman–Crippen LogP) is 3.91. The molecule has 0 radical (unpaired) electrons. The van der Waals surface area contributed by atoms with Gasteiger partial charge in [0, 0.05) is 45.7 Å². The van der Waals surface area contributed by atoms with Crippen molar-refractivity contribution in [3.8, 4) is 0 Å². The van der Waals surface area contributed by atoms with Crippen LogP contribution in [-0.4, -0.2) is 65.3 Å². The third-order valence-electron chi connectivity index (χ3n) is 8.07. The number of carbonyl (C=O) groups is 2. The number of hydrogen-bond donors (Lipinski definition) is 0. The first-order valence-corrected chi connectivity index (χ1v) is 13.1. The summed E-state index contributed by atoms with van der Waals surface area (Å²) in [4.78, 5) is 33.2. The summed E-state index contributed by atoms with van der Waals surface area (Å²) in [7, 11) is 0. The van der Waals surface area contributed by atoms with Gasteiger partial charge < -0.3 is 9.80 Å². The Morgan fingerprint density at radius 2 is 1.47 bits per heavy atom. The highest BCUT2D eigenvalue weighted by molar-refractivity contribution is 5.83. The maximum atomic E-state index is 13.9.